The normalized spacial score (nSPS) is 21.5. The highest BCUT2D eigenvalue weighted by Gasteiger charge is 2.33. The number of hydrogen-bond acceptors (Lipinski definition) is 4. The summed E-state index contributed by atoms with van der Waals surface area (Å²) in [4.78, 5) is 14.3. The molecule has 1 atom stereocenters. The maximum Gasteiger partial charge on any atom is 0.234 e. The van der Waals surface area contributed by atoms with E-state index >= 15 is 0 Å². The summed E-state index contributed by atoms with van der Waals surface area (Å²) >= 11 is 0. The van der Waals surface area contributed by atoms with Gasteiger partial charge in [0.05, 0.1) is 13.7 Å². The van der Waals surface area contributed by atoms with E-state index in [2.05, 4.69) is 17.1 Å². The molecule has 5 heteroatoms. The van der Waals surface area contributed by atoms with Gasteiger partial charge < -0.3 is 15.2 Å². The summed E-state index contributed by atoms with van der Waals surface area (Å²) in [5.74, 6) is 0.907. The molecule has 1 aliphatic rings. The molecule has 1 saturated heterocycles. The molecule has 0 aromatic heterocycles. The minimum Gasteiger partial charge on any atom is -0.497 e. The lowest BCUT2D eigenvalue weighted by Crippen LogP contribution is -2.48. The summed E-state index contributed by atoms with van der Waals surface area (Å²) in [6.07, 6.45) is 3.87. The number of hydrogen-bond donors (Lipinski definition) is 2. The molecule has 0 bridgehead atoms. The van der Waals surface area contributed by atoms with E-state index in [0.29, 0.717) is 13.1 Å². The van der Waals surface area contributed by atoms with Gasteiger partial charge in [-0.2, -0.15) is 0 Å². The summed E-state index contributed by atoms with van der Waals surface area (Å²) in [6, 6.07) is 7.91. The molecule has 0 spiro atoms. The number of aliphatic hydroxyl groups is 1. The Labute approximate surface area is 145 Å². The predicted octanol–water partition coefficient (Wildman–Crippen LogP) is 1.84. The lowest BCUT2D eigenvalue weighted by molar-refractivity contribution is -0.123. The van der Waals surface area contributed by atoms with Crippen LogP contribution in [0.1, 0.15) is 31.7 Å². The minimum absolute atomic E-state index is 0.0262. The van der Waals surface area contributed by atoms with Gasteiger partial charge in [0, 0.05) is 25.1 Å². The van der Waals surface area contributed by atoms with Gasteiger partial charge in [0.2, 0.25) is 5.91 Å². The molecular formula is C19H30N2O3. The van der Waals surface area contributed by atoms with E-state index in [1.807, 2.05) is 24.3 Å². The van der Waals surface area contributed by atoms with Crippen LogP contribution in [0.4, 0.5) is 0 Å². The number of aliphatic hydroxyl groups excluding tert-OH is 1. The maximum atomic E-state index is 12.2. The quantitative estimate of drug-likeness (QED) is 0.761. The van der Waals surface area contributed by atoms with Crippen molar-refractivity contribution in [3.8, 4) is 5.75 Å². The van der Waals surface area contributed by atoms with Gasteiger partial charge in [0.15, 0.2) is 0 Å². The lowest BCUT2D eigenvalue weighted by atomic mass is 9.78. The van der Waals surface area contributed by atoms with E-state index < -0.39 is 0 Å². The van der Waals surface area contributed by atoms with Crippen LogP contribution in [0.25, 0.3) is 0 Å². The molecule has 5 nitrogen and oxygen atoms in total. The monoisotopic (exact) mass is 334 g/mol. The van der Waals surface area contributed by atoms with Crippen molar-refractivity contribution in [1.82, 2.24) is 10.2 Å². The molecule has 0 saturated carbocycles. The third-order valence-electron chi connectivity index (χ3n) is 5.09. The number of carbonyl (C=O) groups is 1. The fourth-order valence-corrected chi connectivity index (χ4v) is 3.37. The average molecular weight is 334 g/mol. The van der Waals surface area contributed by atoms with Crippen LogP contribution in [0.15, 0.2) is 24.3 Å². The first-order valence-electron chi connectivity index (χ1n) is 8.83. The van der Waals surface area contributed by atoms with Crippen molar-refractivity contribution in [3.63, 3.8) is 0 Å². The highest BCUT2D eigenvalue weighted by Crippen LogP contribution is 2.32. The number of likely N-dealkylation sites (tertiary alicyclic amines) is 1. The zero-order chi connectivity index (χ0) is 17.4. The summed E-state index contributed by atoms with van der Waals surface area (Å²) in [5.41, 5.74) is 1.15. The maximum absolute atomic E-state index is 12.2. The van der Waals surface area contributed by atoms with E-state index in [0.717, 1.165) is 44.5 Å². The van der Waals surface area contributed by atoms with E-state index in [1.165, 1.54) is 5.56 Å². The summed E-state index contributed by atoms with van der Waals surface area (Å²) < 4.78 is 5.14. The minimum atomic E-state index is -0.0262. The van der Waals surface area contributed by atoms with Crippen LogP contribution in [0.3, 0.4) is 0 Å². The zero-order valence-electron chi connectivity index (χ0n) is 14.9. The first-order chi connectivity index (χ1) is 11.6. The first kappa shape index (κ1) is 18.7. The van der Waals surface area contributed by atoms with Crippen LogP contribution >= 0.6 is 0 Å². The van der Waals surface area contributed by atoms with Gasteiger partial charge in [-0.1, -0.05) is 19.1 Å². The van der Waals surface area contributed by atoms with Crippen molar-refractivity contribution >= 4 is 5.91 Å². The van der Waals surface area contributed by atoms with Crippen molar-refractivity contribution in [2.45, 2.75) is 32.6 Å². The highest BCUT2D eigenvalue weighted by molar-refractivity contribution is 5.78. The number of benzene rings is 1. The van der Waals surface area contributed by atoms with E-state index in [-0.39, 0.29) is 17.9 Å². The molecule has 0 aliphatic carbocycles. The molecule has 134 valence electrons. The van der Waals surface area contributed by atoms with Crippen LogP contribution in [0.5, 0.6) is 5.75 Å². The number of piperidine rings is 1. The molecular weight excluding hydrogens is 304 g/mol. The Morgan fingerprint density at radius 1 is 1.38 bits per heavy atom. The predicted molar refractivity (Wildman–Crippen MR) is 95.2 cm³/mol. The Morgan fingerprint density at radius 3 is 2.75 bits per heavy atom. The van der Waals surface area contributed by atoms with Crippen molar-refractivity contribution < 1.29 is 14.6 Å². The molecule has 24 heavy (non-hydrogen) atoms. The second-order valence-corrected chi connectivity index (χ2v) is 6.77. The smallest absolute Gasteiger partial charge is 0.234 e. The number of amides is 1. The summed E-state index contributed by atoms with van der Waals surface area (Å²) in [6.45, 7) is 5.13. The van der Waals surface area contributed by atoms with Gasteiger partial charge in [-0.3, -0.25) is 9.69 Å². The van der Waals surface area contributed by atoms with E-state index in [1.54, 1.807) is 7.11 Å². The van der Waals surface area contributed by atoms with Crippen molar-refractivity contribution in [2.24, 2.45) is 5.41 Å². The molecule has 1 fully saturated rings. The average Bonchev–Trinajstić information content (AvgIpc) is 2.62. The Kier molecular flexibility index (Phi) is 7.06. The second-order valence-electron chi connectivity index (χ2n) is 6.77. The van der Waals surface area contributed by atoms with Gasteiger partial charge in [0.25, 0.3) is 0 Å². The molecule has 1 aromatic carbocycles. The molecule has 2 N–H and O–H groups in total. The third kappa shape index (κ3) is 5.21. The van der Waals surface area contributed by atoms with Crippen molar-refractivity contribution in [1.29, 1.82) is 0 Å². The summed E-state index contributed by atoms with van der Waals surface area (Å²) in [7, 11) is 1.65. The molecule has 1 aromatic rings. The first-order valence-corrected chi connectivity index (χ1v) is 8.83. The fraction of sp³-hybridized carbons (Fsp3) is 0.632. The van der Waals surface area contributed by atoms with E-state index in [9.17, 15) is 9.90 Å². The zero-order valence-corrected chi connectivity index (χ0v) is 14.9. The van der Waals surface area contributed by atoms with Crippen LogP contribution in [-0.2, 0) is 11.2 Å². The SMILES string of the molecule is CC[C@]1(CO)CCCN(CC(=O)NCCc2ccc(OC)cc2)C1. The van der Waals surface area contributed by atoms with Crippen LogP contribution in [-0.4, -0.2) is 55.8 Å². The Balaban J connectivity index is 1.72. The van der Waals surface area contributed by atoms with Gasteiger partial charge in [-0.05, 0) is 49.9 Å². The molecule has 0 radical (unpaired) electrons. The van der Waals surface area contributed by atoms with Crippen LogP contribution in [0, 0.1) is 5.41 Å². The number of carbonyl (C=O) groups excluding carboxylic acids is 1. The van der Waals surface area contributed by atoms with Gasteiger partial charge in [-0.15, -0.1) is 0 Å². The molecule has 0 unspecified atom stereocenters. The largest absolute Gasteiger partial charge is 0.497 e. The third-order valence-corrected chi connectivity index (χ3v) is 5.09. The van der Waals surface area contributed by atoms with Gasteiger partial charge in [-0.25, -0.2) is 0 Å². The Morgan fingerprint density at radius 2 is 2.12 bits per heavy atom. The Bertz CT molecular complexity index is 512. The topological polar surface area (TPSA) is 61.8 Å². The van der Waals surface area contributed by atoms with E-state index in [4.69, 9.17) is 4.74 Å². The van der Waals surface area contributed by atoms with Gasteiger partial charge >= 0.3 is 0 Å². The second kappa shape index (κ2) is 9.04. The highest BCUT2D eigenvalue weighted by atomic mass is 16.5. The molecule has 1 heterocycles. The van der Waals surface area contributed by atoms with Gasteiger partial charge in [0.1, 0.15) is 5.75 Å². The molecule has 2 rings (SSSR count). The van der Waals surface area contributed by atoms with Crippen molar-refractivity contribution in [3.05, 3.63) is 29.8 Å². The number of methoxy groups -OCH3 is 1. The number of ether oxygens (including phenoxy) is 1. The van der Waals surface area contributed by atoms with Crippen LogP contribution in [0.2, 0.25) is 0 Å². The number of nitrogens with zero attached hydrogens (tertiary/aromatic N) is 1. The van der Waals surface area contributed by atoms with Crippen molar-refractivity contribution in [2.75, 3.05) is 39.9 Å². The lowest BCUT2D eigenvalue weighted by Gasteiger charge is -2.41. The number of rotatable bonds is 8. The number of nitrogens with one attached hydrogen (secondary N) is 1. The standard InChI is InChI=1S/C19H30N2O3/c1-3-19(15-22)10-4-12-21(14-19)13-18(23)20-11-9-16-5-7-17(24-2)8-6-16/h5-8,22H,3-4,9-15H2,1-2H3,(H,20,23)/t19-/m0/s1. The van der Waals surface area contributed by atoms with Crippen LogP contribution < -0.4 is 10.1 Å². The molecule has 1 amide bonds. The molecule has 1 aliphatic heterocycles. The Hall–Kier alpha value is -1.59. The fourth-order valence-electron chi connectivity index (χ4n) is 3.37. The summed E-state index contributed by atoms with van der Waals surface area (Å²) in [5, 5.41) is 12.7.